The van der Waals surface area contributed by atoms with E-state index in [4.69, 9.17) is 0 Å². The molecule has 0 radical (unpaired) electrons. The molecule has 0 bridgehead atoms. The van der Waals surface area contributed by atoms with Gasteiger partial charge in [0.1, 0.15) is 11.4 Å². The van der Waals surface area contributed by atoms with E-state index in [0.717, 1.165) is 23.0 Å². The first-order chi connectivity index (χ1) is 12.1. The second-order valence-electron chi connectivity index (χ2n) is 6.44. The third-order valence-corrected chi connectivity index (χ3v) is 4.52. The molecular weight excluding hydrogens is 314 g/mol. The lowest BCUT2D eigenvalue weighted by molar-refractivity contribution is 0.0971. The van der Waals surface area contributed by atoms with Crippen molar-refractivity contribution < 1.29 is 9.59 Å². The number of hydrogen-bond donors (Lipinski definition) is 0. The summed E-state index contributed by atoms with van der Waals surface area (Å²) in [5.74, 6) is -0.438. The van der Waals surface area contributed by atoms with Gasteiger partial charge in [-0.25, -0.2) is 4.98 Å². The maximum absolute atomic E-state index is 13.1. The highest BCUT2D eigenvalue weighted by molar-refractivity contribution is 6.28. The Balaban J connectivity index is 2.02. The molecule has 0 fully saturated rings. The number of para-hydroxylation sites is 1. The molecule has 1 aromatic carbocycles. The van der Waals surface area contributed by atoms with Crippen LogP contribution in [0.5, 0.6) is 0 Å². The van der Waals surface area contributed by atoms with Crippen molar-refractivity contribution in [3.63, 3.8) is 0 Å². The summed E-state index contributed by atoms with van der Waals surface area (Å²) in [6.45, 7) is 0.775. The fourth-order valence-electron chi connectivity index (χ4n) is 3.30. The number of carbonyl (C=O) groups excluding carboxylic acids is 2. The number of ketones is 2. The average Bonchev–Trinajstić information content (AvgIpc) is 2.63. The summed E-state index contributed by atoms with van der Waals surface area (Å²) in [5.41, 5.74) is 2.84. The van der Waals surface area contributed by atoms with Gasteiger partial charge >= 0.3 is 0 Å². The first-order valence-corrected chi connectivity index (χ1v) is 8.18. The molecule has 5 nitrogen and oxygen atoms in total. The highest BCUT2D eigenvalue weighted by Crippen LogP contribution is 2.31. The minimum Gasteiger partial charge on any atom is -0.309 e. The number of carbonyl (C=O) groups is 2. The van der Waals surface area contributed by atoms with Gasteiger partial charge in [-0.2, -0.15) is 0 Å². The van der Waals surface area contributed by atoms with E-state index in [1.165, 1.54) is 0 Å². The van der Waals surface area contributed by atoms with Gasteiger partial charge in [0.2, 0.25) is 11.6 Å². The van der Waals surface area contributed by atoms with Crippen molar-refractivity contribution in [2.75, 3.05) is 20.6 Å². The normalized spacial score (nSPS) is 13.2. The third kappa shape index (κ3) is 2.44. The van der Waals surface area contributed by atoms with Gasteiger partial charge in [0, 0.05) is 18.1 Å². The molecule has 124 valence electrons. The Labute approximate surface area is 145 Å². The van der Waals surface area contributed by atoms with Crippen LogP contribution in [0.15, 0.2) is 42.6 Å². The number of benzene rings is 1. The number of rotatable bonds is 3. The van der Waals surface area contributed by atoms with Gasteiger partial charge in [-0.05, 0) is 44.3 Å². The van der Waals surface area contributed by atoms with Crippen LogP contribution in [0.3, 0.4) is 0 Å². The minimum absolute atomic E-state index is 0.211. The molecule has 0 unspecified atom stereocenters. The zero-order valence-corrected chi connectivity index (χ0v) is 14.1. The molecule has 0 spiro atoms. The molecule has 25 heavy (non-hydrogen) atoms. The fraction of sp³-hybridized carbons (Fsp3) is 0.200. The van der Waals surface area contributed by atoms with Crippen molar-refractivity contribution >= 4 is 22.5 Å². The fourth-order valence-corrected chi connectivity index (χ4v) is 3.30. The van der Waals surface area contributed by atoms with Crippen molar-refractivity contribution in [2.24, 2.45) is 0 Å². The molecule has 0 saturated heterocycles. The quantitative estimate of drug-likeness (QED) is 0.577. The topological polar surface area (TPSA) is 63.2 Å². The Morgan fingerprint density at radius 3 is 2.56 bits per heavy atom. The summed E-state index contributed by atoms with van der Waals surface area (Å²) in [5, 5.41) is 0.920. The predicted molar refractivity (Wildman–Crippen MR) is 95.1 cm³/mol. The van der Waals surface area contributed by atoms with E-state index in [-0.39, 0.29) is 23.0 Å². The lowest BCUT2D eigenvalue weighted by Gasteiger charge is -2.21. The molecule has 5 heteroatoms. The lowest BCUT2D eigenvalue weighted by atomic mass is 9.85. The molecule has 1 aliphatic carbocycles. The van der Waals surface area contributed by atoms with Crippen LogP contribution in [-0.4, -0.2) is 47.1 Å². The maximum Gasteiger partial charge on any atom is 0.214 e. The lowest BCUT2D eigenvalue weighted by Crippen LogP contribution is -2.26. The van der Waals surface area contributed by atoms with Gasteiger partial charge in [-0.15, -0.1) is 0 Å². The number of fused-ring (bicyclic) bond motifs is 3. The molecule has 1 aliphatic rings. The van der Waals surface area contributed by atoms with E-state index in [0.29, 0.717) is 17.5 Å². The van der Waals surface area contributed by atoms with Crippen LogP contribution in [0, 0.1) is 0 Å². The summed E-state index contributed by atoms with van der Waals surface area (Å²) in [6.07, 6.45) is 2.21. The minimum atomic E-state index is -0.227. The third-order valence-electron chi connectivity index (χ3n) is 4.52. The Kier molecular flexibility index (Phi) is 3.66. The van der Waals surface area contributed by atoms with E-state index >= 15 is 0 Å². The summed E-state index contributed by atoms with van der Waals surface area (Å²) in [4.78, 5) is 36.8. The largest absolute Gasteiger partial charge is 0.309 e. The van der Waals surface area contributed by atoms with Crippen LogP contribution in [0.4, 0.5) is 0 Å². The van der Waals surface area contributed by atoms with E-state index in [2.05, 4.69) is 14.9 Å². The zero-order chi connectivity index (χ0) is 17.6. The Bertz CT molecular complexity index is 1020. The molecular formula is C20H17N3O2. The van der Waals surface area contributed by atoms with Gasteiger partial charge in [0.05, 0.1) is 16.6 Å². The van der Waals surface area contributed by atoms with Gasteiger partial charge in [-0.1, -0.05) is 18.2 Å². The Morgan fingerprint density at radius 1 is 0.960 bits per heavy atom. The van der Waals surface area contributed by atoms with Gasteiger partial charge < -0.3 is 4.90 Å². The second kappa shape index (κ2) is 5.86. The number of nitrogens with zero attached hydrogens (tertiary/aromatic N) is 3. The van der Waals surface area contributed by atoms with Crippen molar-refractivity contribution in [1.29, 1.82) is 0 Å². The Morgan fingerprint density at radius 2 is 1.76 bits per heavy atom. The van der Waals surface area contributed by atoms with E-state index in [9.17, 15) is 9.59 Å². The molecule has 3 aromatic rings. The second-order valence-corrected chi connectivity index (χ2v) is 6.44. The predicted octanol–water partition coefficient (Wildman–Crippen LogP) is 2.51. The molecule has 2 aromatic heterocycles. The van der Waals surface area contributed by atoms with Crippen molar-refractivity contribution in [3.8, 4) is 0 Å². The van der Waals surface area contributed by atoms with Crippen molar-refractivity contribution in [2.45, 2.75) is 6.42 Å². The molecule has 0 amide bonds. The molecule has 0 aliphatic heterocycles. The van der Waals surface area contributed by atoms with Crippen LogP contribution in [0.1, 0.15) is 37.7 Å². The van der Waals surface area contributed by atoms with Crippen LogP contribution < -0.4 is 0 Å². The summed E-state index contributed by atoms with van der Waals surface area (Å²) in [6, 6.07) is 11.0. The summed E-state index contributed by atoms with van der Waals surface area (Å²) in [7, 11) is 3.97. The molecule has 4 rings (SSSR count). The van der Waals surface area contributed by atoms with E-state index in [1.807, 2.05) is 38.4 Å². The Hall–Kier alpha value is -2.92. The van der Waals surface area contributed by atoms with Crippen LogP contribution in [0.25, 0.3) is 10.9 Å². The first kappa shape index (κ1) is 15.6. The number of hydrogen-bond acceptors (Lipinski definition) is 5. The van der Waals surface area contributed by atoms with Crippen LogP contribution in [0.2, 0.25) is 0 Å². The monoisotopic (exact) mass is 331 g/mol. The van der Waals surface area contributed by atoms with Gasteiger partial charge in [0.25, 0.3) is 0 Å². The molecule has 0 N–H and O–H groups in total. The first-order valence-electron chi connectivity index (χ1n) is 8.18. The SMILES string of the molecule is CN(C)CCc1c2c(nc3ccccc13)C(=O)c1cccnc1C2=O. The maximum atomic E-state index is 13.1. The van der Waals surface area contributed by atoms with Crippen LogP contribution in [-0.2, 0) is 6.42 Å². The molecule has 2 heterocycles. The van der Waals surface area contributed by atoms with E-state index in [1.54, 1.807) is 18.3 Å². The van der Waals surface area contributed by atoms with Crippen molar-refractivity contribution in [1.82, 2.24) is 14.9 Å². The van der Waals surface area contributed by atoms with Gasteiger partial charge in [0.15, 0.2) is 0 Å². The standard InChI is InChI=1S/C20H17N3O2/c1-23(2)11-9-13-12-6-3-4-8-15(12)22-18-16(13)20(25)17-14(19(18)24)7-5-10-21-17/h3-8,10H,9,11H2,1-2H3. The highest BCUT2D eigenvalue weighted by Gasteiger charge is 2.34. The number of aromatic nitrogens is 2. The number of likely N-dealkylation sites (N-methyl/N-ethyl adjacent to an activating group) is 1. The summed E-state index contributed by atoms with van der Waals surface area (Å²) < 4.78 is 0. The smallest absolute Gasteiger partial charge is 0.214 e. The molecule has 0 saturated carbocycles. The van der Waals surface area contributed by atoms with Gasteiger partial charge in [-0.3, -0.25) is 14.6 Å². The summed E-state index contributed by atoms with van der Waals surface area (Å²) >= 11 is 0. The van der Waals surface area contributed by atoms with Crippen molar-refractivity contribution in [3.05, 3.63) is 70.7 Å². The van der Waals surface area contributed by atoms with E-state index < -0.39 is 0 Å². The van der Waals surface area contributed by atoms with Crippen LogP contribution >= 0.6 is 0 Å². The average molecular weight is 331 g/mol. The number of pyridine rings is 2. The highest BCUT2D eigenvalue weighted by atomic mass is 16.1. The molecule has 0 atom stereocenters. The zero-order valence-electron chi connectivity index (χ0n) is 14.1.